The molecule has 0 bridgehead atoms. The van der Waals surface area contributed by atoms with Gasteiger partial charge in [0.15, 0.2) is 5.69 Å². The number of carbonyl (C=O) groups is 1. The van der Waals surface area contributed by atoms with Gasteiger partial charge in [0.2, 0.25) is 0 Å². The van der Waals surface area contributed by atoms with Gasteiger partial charge in [0, 0.05) is 6.04 Å². The van der Waals surface area contributed by atoms with Crippen molar-refractivity contribution in [2.24, 2.45) is 5.92 Å². The van der Waals surface area contributed by atoms with Crippen LogP contribution in [0.5, 0.6) is 0 Å². The quantitative estimate of drug-likeness (QED) is 0.791. The summed E-state index contributed by atoms with van der Waals surface area (Å²) in [5.74, 6) is -0.0147. The van der Waals surface area contributed by atoms with Crippen LogP contribution in [0.15, 0.2) is 12.4 Å². The zero-order valence-corrected chi connectivity index (χ0v) is 10.7. The molecule has 0 aliphatic rings. The molecule has 1 rings (SSSR count). The Hall–Kier alpha value is -2.16. The highest BCUT2D eigenvalue weighted by molar-refractivity contribution is 5.73. The van der Waals surface area contributed by atoms with Gasteiger partial charge in [0.05, 0.1) is 24.9 Å². The molecule has 0 amide bonds. The van der Waals surface area contributed by atoms with E-state index >= 15 is 0 Å². The Bertz CT molecular complexity index is 438. The van der Waals surface area contributed by atoms with E-state index < -0.39 is 0 Å². The van der Waals surface area contributed by atoms with Gasteiger partial charge in [-0.1, -0.05) is 0 Å². The number of nitriles is 1. The number of anilines is 1. The van der Waals surface area contributed by atoms with E-state index in [4.69, 9.17) is 10.00 Å². The maximum Gasteiger partial charge on any atom is 0.310 e. The second-order valence-electron chi connectivity index (χ2n) is 3.87. The smallest absolute Gasteiger partial charge is 0.310 e. The molecule has 96 valence electrons. The number of hydrogen-bond donors (Lipinski definition) is 1. The van der Waals surface area contributed by atoms with Gasteiger partial charge in [-0.25, -0.2) is 9.97 Å². The molecule has 6 heteroatoms. The number of rotatable bonds is 5. The van der Waals surface area contributed by atoms with Gasteiger partial charge in [0.1, 0.15) is 11.9 Å². The summed E-state index contributed by atoms with van der Waals surface area (Å²) in [5, 5.41) is 11.6. The predicted octanol–water partition coefficient (Wildman–Crippen LogP) is 1.35. The van der Waals surface area contributed by atoms with Crippen molar-refractivity contribution in [1.82, 2.24) is 9.97 Å². The zero-order valence-electron chi connectivity index (χ0n) is 10.7. The highest BCUT2D eigenvalue weighted by atomic mass is 16.5. The highest BCUT2D eigenvalue weighted by Gasteiger charge is 2.21. The number of hydrogen-bond acceptors (Lipinski definition) is 6. The van der Waals surface area contributed by atoms with Crippen LogP contribution in [-0.4, -0.2) is 28.6 Å². The van der Waals surface area contributed by atoms with Gasteiger partial charge in [-0.3, -0.25) is 4.79 Å². The van der Waals surface area contributed by atoms with E-state index in [-0.39, 0.29) is 23.6 Å². The van der Waals surface area contributed by atoms with Gasteiger partial charge in [-0.2, -0.15) is 5.26 Å². The number of nitrogens with one attached hydrogen (secondary N) is 1. The lowest BCUT2D eigenvalue weighted by atomic mass is 10.0. The molecule has 2 unspecified atom stereocenters. The summed E-state index contributed by atoms with van der Waals surface area (Å²) in [6.07, 6.45) is 2.84. The van der Waals surface area contributed by atoms with Crippen molar-refractivity contribution in [2.45, 2.75) is 26.8 Å². The molecule has 1 N–H and O–H groups in total. The minimum Gasteiger partial charge on any atom is -0.466 e. The second kappa shape index (κ2) is 6.55. The number of esters is 1. The topological polar surface area (TPSA) is 87.9 Å². The Morgan fingerprint density at radius 2 is 2.22 bits per heavy atom. The van der Waals surface area contributed by atoms with Crippen LogP contribution < -0.4 is 5.32 Å². The Morgan fingerprint density at radius 3 is 2.72 bits per heavy atom. The molecule has 0 saturated carbocycles. The molecule has 0 aliphatic heterocycles. The first kappa shape index (κ1) is 13.9. The average molecular weight is 248 g/mol. The van der Waals surface area contributed by atoms with Crippen LogP contribution in [-0.2, 0) is 9.53 Å². The van der Waals surface area contributed by atoms with Gasteiger partial charge in [-0.15, -0.1) is 0 Å². The lowest BCUT2D eigenvalue weighted by Crippen LogP contribution is -2.31. The Labute approximate surface area is 106 Å². The Morgan fingerprint density at radius 1 is 1.50 bits per heavy atom. The number of ether oxygens (including phenoxy) is 1. The van der Waals surface area contributed by atoms with Gasteiger partial charge in [0.25, 0.3) is 0 Å². The third-order valence-corrected chi connectivity index (χ3v) is 2.55. The van der Waals surface area contributed by atoms with E-state index in [2.05, 4.69) is 15.3 Å². The first-order chi connectivity index (χ1) is 8.58. The summed E-state index contributed by atoms with van der Waals surface area (Å²) in [7, 11) is 0. The largest absolute Gasteiger partial charge is 0.466 e. The molecule has 0 aromatic carbocycles. The first-order valence-corrected chi connectivity index (χ1v) is 5.73. The van der Waals surface area contributed by atoms with Crippen LogP contribution in [0.2, 0.25) is 0 Å². The van der Waals surface area contributed by atoms with E-state index in [0.717, 1.165) is 0 Å². The molecule has 18 heavy (non-hydrogen) atoms. The molecule has 0 aliphatic carbocycles. The average Bonchev–Trinajstić information content (AvgIpc) is 2.39. The number of carbonyl (C=O) groups excluding carboxylic acids is 1. The first-order valence-electron chi connectivity index (χ1n) is 5.73. The molecule has 0 fully saturated rings. The van der Waals surface area contributed by atoms with E-state index in [1.807, 2.05) is 13.0 Å². The normalized spacial score (nSPS) is 13.2. The number of aromatic nitrogens is 2. The molecule has 1 aromatic heterocycles. The standard InChI is InChI=1S/C12H16N4O2/c1-4-18-12(17)8(2)9(3)16-11-7-14-10(5-13)6-15-11/h6-9H,4H2,1-3H3,(H,15,16). The third kappa shape index (κ3) is 3.70. The van der Waals surface area contributed by atoms with Crippen molar-refractivity contribution in [2.75, 3.05) is 11.9 Å². The molecule has 0 radical (unpaired) electrons. The molecular weight excluding hydrogens is 232 g/mol. The third-order valence-electron chi connectivity index (χ3n) is 2.55. The van der Waals surface area contributed by atoms with Crippen LogP contribution in [0, 0.1) is 17.2 Å². The molecule has 2 atom stereocenters. The van der Waals surface area contributed by atoms with Crippen molar-refractivity contribution in [3.63, 3.8) is 0 Å². The van der Waals surface area contributed by atoms with Crippen molar-refractivity contribution >= 4 is 11.8 Å². The van der Waals surface area contributed by atoms with Gasteiger partial charge >= 0.3 is 5.97 Å². The Kier molecular flexibility index (Phi) is 5.06. The van der Waals surface area contributed by atoms with Gasteiger partial charge in [-0.05, 0) is 20.8 Å². The fraction of sp³-hybridized carbons (Fsp3) is 0.500. The van der Waals surface area contributed by atoms with E-state index in [9.17, 15) is 4.79 Å². The van der Waals surface area contributed by atoms with Crippen LogP contribution in [0.25, 0.3) is 0 Å². The van der Waals surface area contributed by atoms with Crippen LogP contribution in [0.3, 0.4) is 0 Å². The van der Waals surface area contributed by atoms with Gasteiger partial charge < -0.3 is 10.1 Å². The SMILES string of the molecule is CCOC(=O)C(C)C(C)Nc1cnc(C#N)cn1. The van der Waals surface area contributed by atoms with Crippen LogP contribution >= 0.6 is 0 Å². The van der Waals surface area contributed by atoms with E-state index in [1.54, 1.807) is 13.8 Å². The Balaban J connectivity index is 2.60. The van der Waals surface area contributed by atoms with E-state index in [0.29, 0.717) is 12.4 Å². The summed E-state index contributed by atoms with van der Waals surface area (Å²) in [6, 6.07) is 1.76. The fourth-order valence-corrected chi connectivity index (χ4v) is 1.30. The summed E-state index contributed by atoms with van der Waals surface area (Å²) in [4.78, 5) is 19.5. The van der Waals surface area contributed by atoms with Crippen molar-refractivity contribution < 1.29 is 9.53 Å². The molecule has 0 saturated heterocycles. The fourth-order valence-electron chi connectivity index (χ4n) is 1.30. The van der Waals surface area contributed by atoms with Crippen molar-refractivity contribution in [1.29, 1.82) is 5.26 Å². The monoisotopic (exact) mass is 248 g/mol. The maximum absolute atomic E-state index is 11.5. The number of nitrogens with zero attached hydrogens (tertiary/aromatic N) is 3. The summed E-state index contributed by atoms with van der Waals surface area (Å²) >= 11 is 0. The summed E-state index contributed by atoms with van der Waals surface area (Å²) in [6.45, 7) is 5.79. The second-order valence-corrected chi connectivity index (χ2v) is 3.87. The molecular formula is C12H16N4O2. The predicted molar refractivity (Wildman–Crippen MR) is 65.6 cm³/mol. The molecule has 1 heterocycles. The lowest BCUT2D eigenvalue weighted by molar-refractivity contribution is -0.147. The molecule has 6 nitrogen and oxygen atoms in total. The minimum atomic E-state index is -0.289. The minimum absolute atomic E-state index is 0.133. The van der Waals surface area contributed by atoms with Crippen LogP contribution in [0.1, 0.15) is 26.5 Å². The van der Waals surface area contributed by atoms with Crippen LogP contribution in [0.4, 0.5) is 5.82 Å². The maximum atomic E-state index is 11.5. The molecule has 1 aromatic rings. The zero-order chi connectivity index (χ0) is 13.5. The summed E-state index contributed by atoms with van der Waals surface area (Å²) in [5.41, 5.74) is 0.256. The lowest BCUT2D eigenvalue weighted by Gasteiger charge is -2.19. The van der Waals surface area contributed by atoms with Crippen molar-refractivity contribution in [3.05, 3.63) is 18.1 Å². The summed E-state index contributed by atoms with van der Waals surface area (Å²) < 4.78 is 4.94. The molecule has 0 spiro atoms. The van der Waals surface area contributed by atoms with Crippen molar-refractivity contribution in [3.8, 4) is 6.07 Å². The highest BCUT2D eigenvalue weighted by Crippen LogP contribution is 2.11. The van der Waals surface area contributed by atoms with E-state index in [1.165, 1.54) is 12.4 Å².